The van der Waals surface area contributed by atoms with Crippen molar-refractivity contribution in [1.82, 2.24) is 19.3 Å². The Bertz CT molecular complexity index is 1160. The zero-order chi connectivity index (χ0) is 21.1. The zero-order valence-electron chi connectivity index (χ0n) is 15.9. The SMILES string of the molecule is N#Cc1ccc(S(=O)(=O)N2CCN(Cc3nc(-c4ccc(Cl)cc4)no3)CC2)cc1. The molecule has 8 nitrogen and oxygen atoms in total. The number of hydrogen-bond acceptors (Lipinski definition) is 7. The fraction of sp³-hybridized carbons (Fsp3) is 0.250. The topological polar surface area (TPSA) is 103 Å². The summed E-state index contributed by atoms with van der Waals surface area (Å²) in [4.78, 5) is 6.68. The van der Waals surface area contributed by atoms with Crippen LogP contribution < -0.4 is 0 Å². The molecule has 0 amide bonds. The van der Waals surface area contributed by atoms with Crippen LogP contribution in [0.25, 0.3) is 11.4 Å². The number of sulfonamides is 1. The van der Waals surface area contributed by atoms with Gasteiger partial charge in [-0.3, -0.25) is 4.90 Å². The van der Waals surface area contributed by atoms with Crippen LogP contribution in [0.4, 0.5) is 0 Å². The minimum atomic E-state index is -3.58. The normalized spacial score (nSPS) is 15.7. The van der Waals surface area contributed by atoms with Gasteiger partial charge in [0.1, 0.15) is 0 Å². The van der Waals surface area contributed by atoms with Gasteiger partial charge in [-0.05, 0) is 48.5 Å². The fourth-order valence-electron chi connectivity index (χ4n) is 3.21. The Balaban J connectivity index is 1.37. The van der Waals surface area contributed by atoms with E-state index in [4.69, 9.17) is 21.4 Å². The van der Waals surface area contributed by atoms with Crippen molar-refractivity contribution >= 4 is 21.6 Å². The highest BCUT2D eigenvalue weighted by atomic mass is 35.5. The first-order valence-corrected chi connectivity index (χ1v) is 11.1. The van der Waals surface area contributed by atoms with Gasteiger partial charge in [0.25, 0.3) is 0 Å². The van der Waals surface area contributed by atoms with Crippen molar-refractivity contribution in [2.75, 3.05) is 26.2 Å². The number of hydrogen-bond donors (Lipinski definition) is 0. The van der Waals surface area contributed by atoms with E-state index in [2.05, 4.69) is 15.0 Å². The summed E-state index contributed by atoms with van der Waals surface area (Å²) in [7, 11) is -3.58. The van der Waals surface area contributed by atoms with Crippen molar-refractivity contribution in [2.24, 2.45) is 0 Å². The Labute approximate surface area is 179 Å². The van der Waals surface area contributed by atoms with Gasteiger partial charge in [0.15, 0.2) is 0 Å². The summed E-state index contributed by atoms with van der Waals surface area (Å²) in [5.74, 6) is 0.965. The lowest BCUT2D eigenvalue weighted by Crippen LogP contribution is -2.48. The van der Waals surface area contributed by atoms with Crippen LogP contribution in [0.15, 0.2) is 57.9 Å². The first-order chi connectivity index (χ1) is 14.5. The van der Waals surface area contributed by atoms with Crippen molar-refractivity contribution in [3.05, 3.63) is 65.0 Å². The summed E-state index contributed by atoms with van der Waals surface area (Å²) in [5.41, 5.74) is 1.24. The molecule has 4 rings (SSSR count). The number of rotatable bonds is 5. The Morgan fingerprint density at radius 2 is 1.70 bits per heavy atom. The van der Waals surface area contributed by atoms with Crippen molar-refractivity contribution in [1.29, 1.82) is 5.26 Å². The lowest BCUT2D eigenvalue weighted by atomic mass is 10.2. The lowest BCUT2D eigenvalue weighted by molar-refractivity contribution is 0.163. The maximum atomic E-state index is 12.8. The molecule has 1 fully saturated rings. The molecule has 1 aliphatic heterocycles. The average Bonchev–Trinajstić information content (AvgIpc) is 3.23. The number of halogens is 1. The van der Waals surface area contributed by atoms with Gasteiger partial charge in [0, 0.05) is 36.8 Å². The molecule has 1 aromatic heterocycles. The molecule has 0 unspecified atom stereocenters. The molecule has 1 saturated heterocycles. The second kappa shape index (κ2) is 8.53. The Kier molecular flexibility index (Phi) is 5.83. The molecule has 0 aliphatic carbocycles. The minimum absolute atomic E-state index is 0.194. The van der Waals surface area contributed by atoms with E-state index in [-0.39, 0.29) is 4.90 Å². The molecule has 0 saturated carbocycles. The summed E-state index contributed by atoms with van der Waals surface area (Å²) in [6.07, 6.45) is 0. The summed E-state index contributed by atoms with van der Waals surface area (Å²) in [5, 5.41) is 13.5. The highest BCUT2D eigenvalue weighted by Gasteiger charge is 2.29. The third kappa shape index (κ3) is 4.37. The first-order valence-electron chi connectivity index (χ1n) is 9.27. The van der Waals surface area contributed by atoms with E-state index < -0.39 is 10.0 Å². The van der Waals surface area contributed by atoms with E-state index in [0.29, 0.717) is 55.0 Å². The number of aromatic nitrogens is 2. The van der Waals surface area contributed by atoms with E-state index >= 15 is 0 Å². The molecule has 0 bridgehead atoms. The van der Waals surface area contributed by atoms with Gasteiger partial charge in [-0.2, -0.15) is 14.6 Å². The number of piperazine rings is 1. The monoisotopic (exact) mass is 443 g/mol. The van der Waals surface area contributed by atoms with E-state index in [1.165, 1.54) is 28.6 Å². The zero-order valence-corrected chi connectivity index (χ0v) is 17.5. The van der Waals surface area contributed by atoms with Gasteiger partial charge < -0.3 is 4.52 Å². The molecular formula is C20H18ClN5O3S. The van der Waals surface area contributed by atoms with Crippen molar-refractivity contribution < 1.29 is 12.9 Å². The number of benzene rings is 2. The van der Waals surface area contributed by atoms with E-state index in [0.717, 1.165) is 5.56 Å². The van der Waals surface area contributed by atoms with Crippen molar-refractivity contribution in [2.45, 2.75) is 11.4 Å². The molecule has 0 spiro atoms. The maximum absolute atomic E-state index is 12.8. The van der Waals surface area contributed by atoms with E-state index in [1.807, 2.05) is 18.2 Å². The van der Waals surface area contributed by atoms with Crippen LogP contribution in [-0.4, -0.2) is 53.9 Å². The standard InChI is InChI=1S/C20H18ClN5O3S/c21-17-5-3-16(4-6-17)20-23-19(29-24-20)14-25-9-11-26(12-10-25)30(27,28)18-7-1-15(13-22)2-8-18/h1-8H,9-12,14H2. The first kappa shape index (κ1) is 20.5. The molecule has 1 aliphatic rings. The summed E-state index contributed by atoms with van der Waals surface area (Å²) < 4.78 is 32.4. The van der Waals surface area contributed by atoms with Crippen LogP contribution in [0.3, 0.4) is 0 Å². The Hall–Kier alpha value is -2.77. The average molecular weight is 444 g/mol. The second-order valence-electron chi connectivity index (χ2n) is 6.84. The molecule has 10 heteroatoms. The molecule has 0 N–H and O–H groups in total. The van der Waals surface area contributed by atoms with Crippen LogP contribution in [0.1, 0.15) is 11.5 Å². The molecule has 3 aromatic rings. The highest BCUT2D eigenvalue weighted by Crippen LogP contribution is 2.21. The Morgan fingerprint density at radius 3 is 2.33 bits per heavy atom. The molecular weight excluding hydrogens is 426 g/mol. The van der Waals surface area contributed by atoms with Crippen molar-refractivity contribution in [3.63, 3.8) is 0 Å². The predicted octanol–water partition coefficient (Wildman–Crippen LogP) is 2.77. The van der Waals surface area contributed by atoms with Gasteiger partial charge >= 0.3 is 0 Å². The number of nitrogens with zero attached hydrogens (tertiary/aromatic N) is 5. The predicted molar refractivity (Wildman–Crippen MR) is 110 cm³/mol. The van der Waals surface area contributed by atoms with Crippen molar-refractivity contribution in [3.8, 4) is 17.5 Å². The molecule has 30 heavy (non-hydrogen) atoms. The largest absolute Gasteiger partial charge is 0.338 e. The summed E-state index contributed by atoms with van der Waals surface area (Å²) in [6.45, 7) is 2.27. The fourth-order valence-corrected chi connectivity index (χ4v) is 4.75. The number of nitriles is 1. The van der Waals surface area contributed by atoms with Crippen LogP contribution in [0.5, 0.6) is 0 Å². The van der Waals surface area contributed by atoms with Gasteiger partial charge in [-0.15, -0.1) is 0 Å². The van der Waals surface area contributed by atoms with Gasteiger partial charge in [-0.25, -0.2) is 8.42 Å². The third-order valence-corrected chi connectivity index (χ3v) is 7.05. The van der Waals surface area contributed by atoms with Gasteiger partial charge in [-0.1, -0.05) is 16.8 Å². The Morgan fingerprint density at radius 1 is 1.03 bits per heavy atom. The van der Waals surface area contributed by atoms with E-state index in [1.54, 1.807) is 12.1 Å². The molecule has 2 aromatic carbocycles. The minimum Gasteiger partial charge on any atom is -0.338 e. The van der Waals surface area contributed by atoms with Crippen LogP contribution in [0.2, 0.25) is 5.02 Å². The quantitative estimate of drug-likeness (QED) is 0.597. The third-order valence-electron chi connectivity index (χ3n) is 4.88. The molecule has 2 heterocycles. The second-order valence-corrected chi connectivity index (χ2v) is 9.21. The van der Waals surface area contributed by atoms with E-state index in [9.17, 15) is 8.42 Å². The van der Waals surface area contributed by atoms with Crippen LogP contribution in [-0.2, 0) is 16.6 Å². The van der Waals surface area contributed by atoms with Gasteiger partial charge in [0.2, 0.25) is 21.7 Å². The van der Waals surface area contributed by atoms with Crippen LogP contribution >= 0.6 is 11.6 Å². The molecule has 154 valence electrons. The van der Waals surface area contributed by atoms with Gasteiger partial charge in [0.05, 0.1) is 23.1 Å². The lowest BCUT2D eigenvalue weighted by Gasteiger charge is -2.33. The molecule has 0 atom stereocenters. The summed E-state index contributed by atoms with van der Waals surface area (Å²) in [6, 6.07) is 15.1. The summed E-state index contributed by atoms with van der Waals surface area (Å²) >= 11 is 5.90. The smallest absolute Gasteiger partial charge is 0.243 e. The van der Waals surface area contributed by atoms with Crippen LogP contribution in [0, 0.1) is 11.3 Å². The highest BCUT2D eigenvalue weighted by molar-refractivity contribution is 7.89. The molecule has 0 radical (unpaired) electrons. The maximum Gasteiger partial charge on any atom is 0.243 e.